The minimum atomic E-state index is -0.843. The first-order chi connectivity index (χ1) is 13.1. The van der Waals surface area contributed by atoms with Crippen LogP contribution in [0.1, 0.15) is 51.7 Å². The van der Waals surface area contributed by atoms with Crippen LogP contribution in [0.3, 0.4) is 0 Å². The second-order valence-electron chi connectivity index (χ2n) is 7.98. The first-order valence-corrected chi connectivity index (χ1v) is 10.3. The number of rotatable bonds is 5. The zero-order chi connectivity index (χ0) is 20.9. The molecule has 1 aromatic carbocycles. The normalized spacial score (nSPS) is 18.9. The first-order valence-electron chi connectivity index (χ1n) is 9.51. The summed E-state index contributed by atoms with van der Waals surface area (Å²) in [4.78, 5) is 14.1. The molecule has 156 valence electrons. The molecule has 1 amide bonds. The van der Waals surface area contributed by atoms with E-state index in [0.29, 0.717) is 47.5 Å². The van der Waals surface area contributed by atoms with E-state index in [1.54, 1.807) is 23.1 Å². The highest BCUT2D eigenvalue weighted by Gasteiger charge is 2.31. The van der Waals surface area contributed by atoms with Crippen molar-refractivity contribution in [1.29, 1.82) is 0 Å². The standard InChI is InChI=1S/C21H29Cl2NO4/c1-5-13-27-16-9-8-15(22)18(23)17(16)19(25)14-7-6-11-24(12-10-14)20(26)28-21(2,3)4/h5,8-9,14,19,25H,1,6-7,10-13H2,2-4H3. The maximum Gasteiger partial charge on any atom is 0.410 e. The second kappa shape index (κ2) is 9.86. The van der Waals surface area contributed by atoms with Crippen LogP contribution in [-0.4, -0.2) is 41.4 Å². The quantitative estimate of drug-likeness (QED) is 0.616. The van der Waals surface area contributed by atoms with Crippen molar-refractivity contribution in [2.24, 2.45) is 5.92 Å². The van der Waals surface area contributed by atoms with Crippen molar-refractivity contribution in [2.75, 3.05) is 19.7 Å². The Balaban J connectivity index is 2.15. The lowest BCUT2D eigenvalue weighted by atomic mass is 9.89. The van der Waals surface area contributed by atoms with Gasteiger partial charge in [0.05, 0.1) is 16.1 Å². The predicted molar refractivity (Wildman–Crippen MR) is 112 cm³/mol. The van der Waals surface area contributed by atoms with Crippen LogP contribution in [0.2, 0.25) is 10.0 Å². The van der Waals surface area contributed by atoms with Crippen molar-refractivity contribution in [2.45, 2.75) is 51.7 Å². The van der Waals surface area contributed by atoms with Crippen LogP contribution in [0.25, 0.3) is 0 Å². The molecule has 1 fully saturated rings. The van der Waals surface area contributed by atoms with Crippen molar-refractivity contribution in [3.63, 3.8) is 0 Å². The lowest BCUT2D eigenvalue weighted by molar-refractivity contribution is 0.0247. The highest BCUT2D eigenvalue weighted by molar-refractivity contribution is 6.42. The first kappa shape index (κ1) is 22.9. The molecule has 0 bridgehead atoms. The Labute approximate surface area is 177 Å². The van der Waals surface area contributed by atoms with Crippen LogP contribution in [-0.2, 0) is 4.74 Å². The summed E-state index contributed by atoms with van der Waals surface area (Å²) in [5.74, 6) is 0.421. The van der Waals surface area contributed by atoms with Gasteiger partial charge in [0.1, 0.15) is 18.0 Å². The summed E-state index contributed by atoms with van der Waals surface area (Å²) >= 11 is 12.6. The van der Waals surface area contributed by atoms with Gasteiger partial charge >= 0.3 is 6.09 Å². The van der Waals surface area contributed by atoms with E-state index in [0.717, 1.165) is 12.8 Å². The van der Waals surface area contributed by atoms with Gasteiger partial charge in [-0.05, 0) is 58.1 Å². The third kappa shape index (κ3) is 6.03. The summed E-state index contributed by atoms with van der Waals surface area (Å²) < 4.78 is 11.1. The molecule has 0 aliphatic carbocycles. The van der Waals surface area contributed by atoms with E-state index in [9.17, 15) is 9.90 Å². The Bertz CT molecular complexity index is 702. The third-order valence-corrected chi connectivity index (χ3v) is 5.43. The SMILES string of the molecule is C=CCOc1ccc(Cl)c(Cl)c1C(O)C1CCCN(C(=O)OC(C)(C)C)CC1. The second-order valence-corrected chi connectivity index (χ2v) is 8.76. The summed E-state index contributed by atoms with van der Waals surface area (Å²) in [6.45, 7) is 10.6. The summed E-state index contributed by atoms with van der Waals surface area (Å²) in [6.07, 6.45) is 2.61. The Morgan fingerprint density at radius 1 is 1.36 bits per heavy atom. The molecule has 28 heavy (non-hydrogen) atoms. The third-order valence-electron chi connectivity index (χ3n) is 4.62. The van der Waals surface area contributed by atoms with E-state index >= 15 is 0 Å². The molecule has 0 spiro atoms. The number of carbonyl (C=O) groups is 1. The number of amides is 1. The molecule has 2 atom stereocenters. The van der Waals surface area contributed by atoms with Crippen molar-refractivity contribution >= 4 is 29.3 Å². The zero-order valence-corrected chi connectivity index (χ0v) is 18.2. The summed E-state index contributed by atoms with van der Waals surface area (Å²) in [7, 11) is 0. The van der Waals surface area contributed by atoms with Crippen molar-refractivity contribution in [1.82, 2.24) is 4.90 Å². The minimum absolute atomic E-state index is 0.0746. The molecule has 2 rings (SSSR count). The van der Waals surface area contributed by atoms with Gasteiger partial charge in [-0.15, -0.1) is 0 Å². The highest BCUT2D eigenvalue weighted by atomic mass is 35.5. The van der Waals surface area contributed by atoms with E-state index in [2.05, 4.69) is 6.58 Å². The number of halogens is 2. The lowest BCUT2D eigenvalue weighted by Crippen LogP contribution is -2.37. The van der Waals surface area contributed by atoms with E-state index in [1.165, 1.54) is 0 Å². The number of aliphatic hydroxyl groups excluding tert-OH is 1. The van der Waals surface area contributed by atoms with E-state index < -0.39 is 11.7 Å². The summed E-state index contributed by atoms with van der Waals surface area (Å²) in [5.41, 5.74) is -0.0414. The number of nitrogens with zero attached hydrogens (tertiary/aromatic N) is 1. The minimum Gasteiger partial charge on any atom is -0.489 e. The molecule has 1 aliphatic rings. The molecule has 5 nitrogen and oxygen atoms in total. The van der Waals surface area contributed by atoms with Crippen LogP contribution in [0.5, 0.6) is 5.75 Å². The maximum absolute atomic E-state index is 12.4. The number of likely N-dealkylation sites (tertiary alicyclic amines) is 1. The predicted octanol–water partition coefficient (Wildman–Crippen LogP) is 5.63. The van der Waals surface area contributed by atoms with Gasteiger partial charge in [-0.25, -0.2) is 4.79 Å². The van der Waals surface area contributed by atoms with Gasteiger partial charge in [-0.3, -0.25) is 0 Å². The van der Waals surface area contributed by atoms with Crippen molar-refractivity contribution in [3.05, 3.63) is 40.4 Å². The fourth-order valence-electron chi connectivity index (χ4n) is 3.28. The molecular formula is C21H29Cl2NO4. The van der Waals surface area contributed by atoms with Crippen LogP contribution >= 0.6 is 23.2 Å². The van der Waals surface area contributed by atoms with Crippen LogP contribution in [0.15, 0.2) is 24.8 Å². The molecule has 1 saturated heterocycles. The molecule has 2 unspecified atom stereocenters. The molecule has 1 heterocycles. The number of hydrogen-bond acceptors (Lipinski definition) is 4. The van der Waals surface area contributed by atoms with E-state index in [4.69, 9.17) is 32.7 Å². The molecule has 7 heteroatoms. The van der Waals surface area contributed by atoms with Gasteiger partial charge in [0, 0.05) is 18.7 Å². The molecule has 0 radical (unpaired) electrons. The fraction of sp³-hybridized carbons (Fsp3) is 0.571. The highest BCUT2D eigenvalue weighted by Crippen LogP contribution is 2.42. The fourth-order valence-corrected chi connectivity index (χ4v) is 3.71. The van der Waals surface area contributed by atoms with Gasteiger partial charge in [0.2, 0.25) is 0 Å². The zero-order valence-electron chi connectivity index (χ0n) is 16.7. The Hall–Kier alpha value is -1.43. The Morgan fingerprint density at radius 2 is 2.07 bits per heavy atom. The molecule has 1 aliphatic heterocycles. The Kier molecular flexibility index (Phi) is 8.05. The summed E-state index contributed by atoms with van der Waals surface area (Å²) in [5, 5.41) is 11.7. The smallest absolute Gasteiger partial charge is 0.410 e. The average Bonchev–Trinajstić information content (AvgIpc) is 2.87. The molecule has 0 saturated carbocycles. The Morgan fingerprint density at radius 3 is 2.71 bits per heavy atom. The van der Waals surface area contributed by atoms with Crippen molar-refractivity contribution < 1.29 is 19.4 Å². The molecule has 0 aromatic heterocycles. The van der Waals surface area contributed by atoms with Crippen LogP contribution in [0.4, 0.5) is 4.79 Å². The lowest BCUT2D eigenvalue weighted by Gasteiger charge is -2.27. The van der Waals surface area contributed by atoms with Crippen LogP contribution in [0, 0.1) is 5.92 Å². The largest absolute Gasteiger partial charge is 0.489 e. The number of benzene rings is 1. The van der Waals surface area contributed by atoms with Gasteiger partial charge < -0.3 is 19.5 Å². The molecular weight excluding hydrogens is 401 g/mol. The van der Waals surface area contributed by atoms with E-state index in [1.807, 2.05) is 20.8 Å². The van der Waals surface area contributed by atoms with E-state index in [-0.39, 0.29) is 12.0 Å². The van der Waals surface area contributed by atoms with Crippen molar-refractivity contribution in [3.8, 4) is 5.75 Å². The topological polar surface area (TPSA) is 59.0 Å². The van der Waals surface area contributed by atoms with Gasteiger partial charge in [-0.1, -0.05) is 35.9 Å². The number of hydrogen-bond donors (Lipinski definition) is 1. The number of ether oxygens (including phenoxy) is 2. The molecule has 1 N–H and O–H groups in total. The average molecular weight is 430 g/mol. The number of aliphatic hydroxyl groups is 1. The van der Waals surface area contributed by atoms with Gasteiger partial charge in [0.15, 0.2) is 0 Å². The van der Waals surface area contributed by atoms with Gasteiger partial charge in [0.25, 0.3) is 0 Å². The maximum atomic E-state index is 12.4. The summed E-state index contributed by atoms with van der Waals surface area (Å²) in [6, 6.07) is 3.36. The van der Waals surface area contributed by atoms with Crippen LogP contribution < -0.4 is 4.74 Å². The molecule has 1 aromatic rings. The monoisotopic (exact) mass is 429 g/mol. The number of carbonyl (C=O) groups excluding carboxylic acids is 1. The van der Waals surface area contributed by atoms with Gasteiger partial charge in [-0.2, -0.15) is 0 Å².